The molecule has 2 amide bonds. The number of nitrogens with zero attached hydrogens (tertiary/aromatic N) is 2. The molecule has 1 aliphatic heterocycles. The second-order valence-corrected chi connectivity index (χ2v) is 6.39. The topological polar surface area (TPSA) is 126 Å². The van der Waals surface area contributed by atoms with E-state index in [4.69, 9.17) is 20.6 Å². The van der Waals surface area contributed by atoms with Crippen molar-refractivity contribution in [2.45, 2.75) is 12.3 Å². The van der Waals surface area contributed by atoms with Crippen LogP contribution < -0.4 is 16.4 Å². The summed E-state index contributed by atoms with van der Waals surface area (Å²) in [5.74, 6) is 0.575. The summed E-state index contributed by atoms with van der Waals surface area (Å²) in [7, 11) is 3.16. The standard InChI is InChI=1S/C19H24N6O3/c1-27-13-10-25(11-13)17(21)14-9-22-16(8-15(14)20)23-19(26)24-18(28-2)12-6-4-3-5-7-12/h3-9,13,18,21H,10-11H2,1-2H3,(H4,20,22,23,24,26). The van der Waals surface area contributed by atoms with Gasteiger partial charge >= 0.3 is 6.03 Å². The number of nitrogens with one attached hydrogen (secondary N) is 3. The van der Waals surface area contributed by atoms with E-state index in [9.17, 15) is 4.79 Å². The third kappa shape index (κ3) is 4.38. The van der Waals surface area contributed by atoms with Gasteiger partial charge in [-0.3, -0.25) is 10.7 Å². The third-order valence-corrected chi connectivity index (χ3v) is 4.53. The predicted molar refractivity (Wildman–Crippen MR) is 106 cm³/mol. The molecule has 1 aromatic carbocycles. The molecule has 2 heterocycles. The van der Waals surface area contributed by atoms with E-state index in [1.807, 2.05) is 35.2 Å². The first-order chi connectivity index (χ1) is 13.5. The molecule has 9 nitrogen and oxygen atoms in total. The van der Waals surface area contributed by atoms with Gasteiger partial charge in [0.25, 0.3) is 0 Å². The number of ether oxygens (including phenoxy) is 2. The molecule has 1 unspecified atom stereocenters. The van der Waals surface area contributed by atoms with Crippen LogP contribution in [0.15, 0.2) is 42.6 Å². The Bertz CT molecular complexity index is 839. The number of carbonyl (C=O) groups is 1. The number of pyridine rings is 1. The third-order valence-electron chi connectivity index (χ3n) is 4.53. The largest absolute Gasteiger partial charge is 0.398 e. The van der Waals surface area contributed by atoms with E-state index in [0.29, 0.717) is 24.3 Å². The molecule has 3 rings (SSSR count). The van der Waals surface area contributed by atoms with E-state index in [1.54, 1.807) is 7.11 Å². The van der Waals surface area contributed by atoms with Crippen LogP contribution in [0.5, 0.6) is 0 Å². The molecule has 1 saturated heterocycles. The molecular weight excluding hydrogens is 360 g/mol. The van der Waals surface area contributed by atoms with Crippen LogP contribution in [-0.4, -0.2) is 55.2 Å². The van der Waals surface area contributed by atoms with Gasteiger partial charge in [-0.25, -0.2) is 9.78 Å². The maximum Gasteiger partial charge on any atom is 0.322 e. The minimum atomic E-state index is -0.592. The number of aromatic nitrogens is 1. The number of amidine groups is 1. The van der Waals surface area contributed by atoms with Crippen molar-refractivity contribution >= 4 is 23.4 Å². The van der Waals surface area contributed by atoms with Crippen LogP contribution in [0.3, 0.4) is 0 Å². The van der Waals surface area contributed by atoms with Gasteiger partial charge in [0.15, 0.2) is 6.23 Å². The zero-order valence-corrected chi connectivity index (χ0v) is 15.8. The zero-order chi connectivity index (χ0) is 20.1. The number of hydrogen-bond acceptors (Lipinski definition) is 6. The number of amides is 2. The Morgan fingerprint density at radius 3 is 2.64 bits per heavy atom. The van der Waals surface area contributed by atoms with E-state index in [1.165, 1.54) is 19.4 Å². The summed E-state index contributed by atoms with van der Waals surface area (Å²) in [5, 5.41) is 13.6. The predicted octanol–water partition coefficient (Wildman–Crippen LogP) is 1.79. The SMILES string of the molecule is COC1CN(C(=N)c2cnc(NC(=O)NC(OC)c3ccccc3)cc2N)C1. The quantitative estimate of drug-likeness (QED) is 0.342. The van der Waals surface area contributed by atoms with E-state index >= 15 is 0 Å². The molecule has 0 bridgehead atoms. The summed E-state index contributed by atoms with van der Waals surface area (Å²) in [6.07, 6.45) is 1.03. The zero-order valence-electron chi connectivity index (χ0n) is 15.8. The normalized spacial score (nSPS) is 14.9. The van der Waals surface area contributed by atoms with E-state index < -0.39 is 12.3 Å². The van der Waals surface area contributed by atoms with Crippen LogP contribution in [0.4, 0.5) is 16.3 Å². The Balaban J connectivity index is 1.61. The van der Waals surface area contributed by atoms with Crippen molar-refractivity contribution in [2.24, 2.45) is 0 Å². The molecule has 1 aromatic heterocycles. The van der Waals surface area contributed by atoms with Gasteiger partial charge in [0.1, 0.15) is 11.7 Å². The molecule has 0 saturated carbocycles. The molecule has 1 aliphatic rings. The van der Waals surface area contributed by atoms with E-state index in [-0.39, 0.29) is 17.8 Å². The van der Waals surface area contributed by atoms with E-state index in [2.05, 4.69) is 15.6 Å². The van der Waals surface area contributed by atoms with Crippen molar-refractivity contribution in [3.8, 4) is 0 Å². The maximum absolute atomic E-state index is 12.3. The molecule has 0 aliphatic carbocycles. The summed E-state index contributed by atoms with van der Waals surface area (Å²) >= 11 is 0. The summed E-state index contributed by atoms with van der Waals surface area (Å²) in [6, 6.07) is 10.4. The van der Waals surface area contributed by atoms with Gasteiger partial charge in [-0.1, -0.05) is 30.3 Å². The number of benzene rings is 1. The van der Waals surface area contributed by atoms with Crippen molar-refractivity contribution in [3.05, 3.63) is 53.7 Å². The van der Waals surface area contributed by atoms with Crippen molar-refractivity contribution in [1.82, 2.24) is 15.2 Å². The summed E-state index contributed by atoms with van der Waals surface area (Å²) in [6.45, 7) is 1.30. The van der Waals surface area contributed by atoms with Gasteiger partial charge < -0.3 is 25.4 Å². The number of likely N-dealkylation sites (tertiary alicyclic amines) is 1. The highest BCUT2D eigenvalue weighted by Gasteiger charge is 2.29. The Morgan fingerprint density at radius 2 is 2.04 bits per heavy atom. The average molecular weight is 384 g/mol. The lowest BCUT2D eigenvalue weighted by molar-refractivity contribution is 0.00576. The van der Waals surface area contributed by atoms with E-state index in [0.717, 1.165) is 5.56 Å². The molecule has 1 fully saturated rings. The lowest BCUT2D eigenvalue weighted by Crippen LogP contribution is -2.54. The van der Waals surface area contributed by atoms with Gasteiger partial charge in [-0.15, -0.1) is 0 Å². The maximum atomic E-state index is 12.3. The number of methoxy groups -OCH3 is 2. The fourth-order valence-corrected chi connectivity index (χ4v) is 2.85. The minimum absolute atomic E-state index is 0.137. The second kappa shape index (κ2) is 8.68. The Labute approximate surface area is 163 Å². The Kier molecular flexibility index (Phi) is 6.07. The smallest absolute Gasteiger partial charge is 0.322 e. The molecule has 1 atom stereocenters. The first kappa shape index (κ1) is 19.6. The highest BCUT2D eigenvalue weighted by molar-refractivity contribution is 6.02. The number of urea groups is 1. The Morgan fingerprint density at radius 1 is 1.32 bits per heavy atom. The van der Waals surface area contributed by atoms with Gasteiger partial charge in [0.2, 0.25) is 0 Å². The summed E-state index contributed by atoms with van der Waals surface area (Å²) < 4.78 is 10.5. The summed E-state index contributed by atoms with van der Waals surface area (Å²) in [5.41, 5.74) is 7.76. The number of nitrogens with two attached hydrogens (primary N) is 1. The fourth-order valence-electron chi connectivity index (χ4n) is 2.85. The molecule has 2 aromatic rings. The van der Waals surface area contributed by atoms with Crippen molar-refractivity contribution in [2.75, 3.05) is 38.4 Å². The average Bonchev–Trinajstić information content (AvgIpc) is 2.66. The van der Waals surface area contributed by atoms with Crippen LogP contribution in [0.2, 0.25) is 0 Å². The molecule has 148 valence electrons. The van der Waals surface area contributed by atoms with Gasteiger partial charge in [-0.2, -0.15) is 0 Å². The van der Waals surface area contributed by atoms with Crippen molar-refractivity contribution < 1.29 is 14.3 Å². The number of anilines is 2. The van der Waals surface area contributed by atoms with Crippen LogP contribution in [0.1, 0.15) is 17.4 Å². The molecule has 9 heteroatoms. The molecule has 5 N–H and O–H groups in total. The van der Waals surface area contributed by atoms with Crippen LogP contribution in [-0.2, 0) is 9.47 Å². The number of rotatable bonds is 6. The van der Waals surface area contributed by atoms with Crippen LogP contribution in [0, 0.1) is 5.41 Å². The molecule has 0 spiro atoms. The first-order valence-electron chi connectivity index (χ1n) is 8.79. The number of carbonyl (C=O) groups excluding carboxylic acids is 1. The monoisotopic (exact) mass is 384 g/mol. The second-order valence-electron chi connectivity index (χ2n) is 6.39. The number of nitrogen functional groups attached to an aromatic ring is 1. The van der Waals surface area contributed by atoms with Crippen molar-refractivity contribution in [3.63, 3.8) is 0 Å². The van der Waals surface area contributed by atoms with Crippen molar-refractivity contribution in [1.29, 1.82) is 5.41 Å². The molecule has 28 heavy (non-hydrogen) atoms. The lowest BCUT2D eigenvalue weighted by Gasteiger charge is -2.40. The highest BCUT2D eigenvalue weighted by atomic mass is 16.5. The van der Waals surface area contributed by atoms with Gasteiger partial charge in [0, 0.05) is 50.8 Å². The number of hydrogen-bond donors (Lipinski definition) is 4. The lowest BCUT2D eigenvalue weighted by atomic mass is 10.1. The summed E-state index contributed by atoms with van der Waals surface area (Å²) in [4.78, 5) is 18.3. The van der Waals surface area contributed by atoms with Crippen LogP contribution >= 0.6 is 0 Å². The first-order valence-corrected chi connectivity index (χ1v) is 8.79. The highest BCUT2D eigenvalue weighted by Crippen LogP contribution is 2.21. The van der Waals surface area contributed by atoms with Crippen LogP contribution in [0.25, 0.3) is 0 Å². The van der Waals surface area contributed by atoms with Gasteiger partial charge in [-0.05, 0) is 0 Å². The molecular formula is C19H24N6O3. The minimum Gasteiger partial charge on any atom is -0.398 e. The Hall–Kier alpha value is -3.17. The van der Waals surface area contributed by atoms with Gasteiger partial charge in [0.05, 0.1) is 11.7 Å². The molecule has 0 radical (unpaired) electrons. The fraction of sp³-hybridized carbons (Fsp3) is 0.316.